The Kier molecular flexibility index (Phi) is 7.49. The predicted octanol–water partition coefficient (Wildman–Crippen LogP) is 5.19. The number of fused-ring (bicyclic) bond motifs is 1. The van der Waals surface area contributed by atoms with E-state index in [1.807, 2.05) is 61.0 Å². The molecule has 6 nitrogen and oxygen atoms in total. The highest BCUT2D eigenvalue weighted by Crippen LogP contribution is 2.35. The molecule has 0 spiro atoms. The molecule has 3 heterocycles. The van der Waals surface area contributed by atoms with Crippen LogP contribution in [0.4, 0.5) is 0 Å². The lowest BCUT2D eigenvalue weighted by Gasteiger charge is -2.28. The van der Waals surface area contributed by atoms with Crippen LogP contribution in [-0.2, 0) is 20.1 Å². The molecular formula is C29H30ClN3O3S. The third-order valence-corrected chi connectivity index (χ3v) is 8.84. The highest BCUT2D eigenvalue weighted by Gasteiger charge is 2.32. The molecule has 1 aliphatic heterocycles. The van der Waals surface area contributed by atoms with Crippen molar-refractivity contribution in [3.05, 3.63) is 103 Å². The van der Waals surface area contributed by atoms with Gasteiger partial charge in [-0.15, -0.1) is 11.3 Å². The maximum Gasteiger partial charge on any atom is 0.257 e. The molecule has 2 aromatic carbocycles. The van der Waals surface area contributed by atoms with Gasteiger partial charge in [-0.25, -0.2) is 0 Å². The van der Waals surface area contributed by atoms with E-state index in [9.17, 15) is 14.7 Å². The van der Waals surface area contributed by atoms with Crippen molar-refractivity contribution in [1.29, 1.82) is 0 Å². The van der Waals surface area contributed by atoms with Gasteiger partial charge in [0.25, 0.3) is 5.91 Å². The number of thiophene rings is 1. The molecule has 2 aromatic heterocycles. The molecule has 5 rings (SSSR count). The summed E-state index contributed by atoms with van der Waals surface area (Å²) >= 11 is 7.53. The fourth-order valence-corrected chi connectivity index (χ4v) is 6.55. The number of hydrogen-bond donors (Lipinski definition) is 2. The minimum absolute atomic E-state index is 0.0293. The molecule has 0 aliphatic carbocycles. The van der Waals surface area contributed by atoms with E-state index in [4.69, 9.17) is 11.6 Å². The molecule has 1 unspecified atom stereocenters. The number of carbonyl (C=O) groups is 1. The number of nitrogens with one attached hydrogen (secondary N) is 1. The molecule has 1 amide bonds. The van der Waals surface area contributed by atoms with Gasteiger partial charge in [0, 0.05) is 42.3 Å². The summed E-state index contributed by atoms with van der Waals surface area (Å²) in [6.07, 6.45) is 3.02. The minimum Gasteiger partial charge on any atom is -0.387 e. The van der Waals surface area contributed by atoms with E-state index in [-0.39, 0.29) is 17.0 Å². The second-order valence-corrected chi connectivity index (χ2v) is 11.2. The first-order valence-corrected chi connectivity index (χ1v) is 13.6. The smallest absolute Gasteiger partial charge is 0.257 e. The van der Waals surface area contributed by atoms with Crippen LogP contribution in [0.25, 0.3) is 10.2 Å². The van der Waals surface area contributed by atoms with Crippen LogP contribution in [0.5, 0.6) is 0 Å². The molecule has 0 bridgehead atoms. The zero-order valence-corrected chi connectivity index (χ0v) is 22.5. The lowest BCUT2D eigenvalue weighted by atomic mass is 10.0. The van der Waals surface area contributed by atoms with Gasteiger partial charge in [-0.2, -0.15) is 0 Å². The Morgan fingerprint density at radius 1 is 1.19 bits per heavy atom. The fraction of sp³-hybridized carbons (Fsp3) is 0.310. The molecular weight excluding hydrogens is 506 g/mol. The number of benzene rings is 2. The van der Waals surface area contributed by atoms with Crippen molar-refractivity contribution in [1.82, 2.24) is 14.8 Å². The summed E-state index contributed by atoms with van der Waals surface area (Å²) in [7, 11) is 1.87. The maximum atomic E-state index is 13.5. The number of pyridine rings is 1. The van der Waals surface area contributed by atoms with Gasteiger partial charge in [-0.1, -0.05) is 54.1 Å². The minimum atomic E-state index is -0.555. The quantitative estimate of drug-likeness (QED) is 0.341. The van der Waals surface area contributed by atoms with E-state index in [0.717, 1.165) is 45.8 Å². The molecule has 0 radical (unpaired) electrons. The largest absolute Gasteiger partial charge is 0.387 e. The van der Waals surface area contributed by atoms with E-state index in [0.29, 0.717) is 23.5 Å². The number of halogens is 1. The summed E-state index contributed by atoms with van der Waals surface area (Å²) in [6, 6.07) is 17.1. The Labute approximate surface area is 225 Å². The average molecular weight is 536 g/mol. The molecule has 2 N–H and O–H groups in total. The molecule has 1 saturated heterocycles. The number of hydrogen-bond acceptors (Lipinski definition) is 5. The standard InChI is InChI=1S/C29H30ClN3O3S/c1-18-24(17-33-14-6-9-23(33)26(34)20-7-4-3-5-8-20)37-29-25(18)27(35)22(16-32(29)2)28(36)31-15-19-10-12-21(30)13-11-19/h3-5,7-8,10-13,16,23,26,34H,6,9,14-15,17H2,1-2H3,(H,31,36)/t23?,26-/m0/s1. The van der Waals surface area contributed by atoms with Crippen LogP contribution < -0.4 is 10.7 Å². The first-order valence-electron chi connectivity index (χ1n) is 12.4. The van der Waals surface area contributed by atoms with Gasteiger partial charge in [0.15, 0.2) is 0 Å². The second-order valence-electron chi connectivity index (χ2n) is 9.66. The monoisotopic (exact) mass is 535 g/mol. The number of aryl methyl sites for hydroxylation is 2. The van der Waals surface area contributed by atoms with E-state index in [1.165, 1.54) is 0 Å². The molecule has 1 fully saturated rings. The number of aliphatic hydroxyl groups is 1. The van der Waals surface area contributed by atoms with E-state index in [2.05, 4.69) is 10.2 Å². The van der Waals surface area contributed by atoms with Crippen LogP contribution in [-0.4, -0.2) is 33.1 Å². The van der Waals surface area contributed by atoms with Crippen molar-refractivity contribution in [3.63, 3.8) is 0 Å². The number of amides is 1. The Hall–Kier alpha value is -2.97. The van der Waals surface area contributed by atoms with Crippen LogP contribution in [0, 0.1) is 6.92 Å². The van der Waals surface area contributed by atoms with Crippen LogP contribution >= 0.6 is 22.9 Å². The molecule has 37 heavy (non-hydrogen) atoms. The Bertz CT molecular complexity index is 1480. The first kappa shape index (κ1) is 25.7. The van der Waals surface area contributed by atoms with Crippen LogP contribution in [0.1, 0.15) is 50.9 Å². The predicted molar refractivity (Wildman–Crippen MR) is 149 cm³/mol. The Balaban J connectivity index is 1.39. The molecule has 2 atom stereocenters. The van der Waals surface area contributed by atoms with Gasteiger partial charge in [0.05, 0.1) is 11.5 Å². The lowest BCUT2D eigenvalue weighted by Crippen LogP contribution is -2.34. The van der Waals surface area contributed by atoms with Gasteiger partial charge >= 0.3 is 0 Å². The van der Waals surface area contributed by atoms with E-state index < -0.39 is 12.0 Å². The van der Waals surface area contributed by atoms with Gasteiger partial charge in [0.2, 0.25) is 5.43 Å². The number of aromatic nitrogens is 1. The zero-order valence-electron chi connectivity index (χ0n) is 20.9. The van der Waals surface area contributed by atoms with Crippen molar-refractivity contribution >= 4 is 39.1 Å². The van der Waals surface area contributed by atoms with Crippen molar-refractivity contribution in [2.75, 3.05) is 6.54 Å². The summed E-state index contributed by atoms with van der Waals surface area (Å²) in [6.45, 7) is 3.84. The van der Waals surface area contributed by atoms with Gasteiger partial charge in [-0.3, -0.25) is 14.5 Å². The second kappa shape index (κ2) is 10.8. The lowest BCUT2D eigenvalue weighted by molar-refractivity contribution is 0.0692. The first-order chi connectivity index (χ1) is 17.8. The number of aliphatic hydroxyl groups excluding tert-OH is 1. The Morgan fingerprint density at radius 2 is 1.92 bits per heavy atom. The summed E-state index contributed by atoms with van der Waals surface area (Å²) in [4.78, 5) is 30.7. The zero-order chi connectivity index (χ0) is 26.1. The van der Waals surface area contributed by atoms with Crippen molar-refractivity contribution in [2.45, 2.75) is 45.0 Å². The van der Waals surface area contributed by atoms with Crippen LogP contribution in [0.3, 0.4) is 0 Å². The maximum absolute atomic E-state index is 13.5. The summed E-state index contributed by atoms with van der Waals surface area (Å²) < 4.78 is 1.87. The fourth-order valence-electron chi connectivity index (χ4n) is 5.16. The summed E-state index contributed by atoms with van der Waals surface area (Å²) in [5, 5.41) is 15.2. The van der Waals surface area contributed by atoms with Crippen LogP contribution in [0.2, 0.25) is 5.02 Å². The molecule has 4 aromatic rings. The normalized spacial score (nSPS) is 16.8. The molecule has 192 valence electrons. The average Bonchev–Trinajstić information content (AvgIpc) is 3.50. The van der Waals surface area contributed by atoms with Gasteiger partial charge < -0.3 is 15.0 Å². The number of likely N-dealkylation sites (tertiary alicyclic amines) is 1. The number of rotatable bonds is 7. The summed E-state index contributed by atoms with van der Waals surface area (Å²) in [5.41, 5.74) is 2.63. The highest BCUT2D eigenvalue weighted by molar-refractivity contribution is 7.18. The topological polar surface area (TPSA) is 74.6 Å². The van der Waals surface area contributed by atoms with Crippen molar-refractivity contribution in [2.24, 2.45) is 7.05 Å². The number of nitrogens with zero attached hydrogens (tertiary/aromatic N) is 2. The third kappa shape index (κ3) is 5.22. The van der Waals surface area contributed by atoms with Crippen molar-refractivity contribution in [3.8, 4) is 0 Å². The molecule has 8 heteroatoms. The summed E-state index contributed by atoms with van der Waals surface area (Å²) in [5.74, 6) is -0.393. The van der Waals surface area contributed by atoms with Crippen molar-refractivity contribution < 1.29 is 9.90 Å². The van der Waals surface area contributed by atoms with Gasteiger partial charge in [-0.05, 0) is 55.1 Å². The molecule has 1 aliphatic rings. The number of carbonyl (C=O) groups excluding carboxylic acids is 1. The van der Waals surface area contributed by atoms with E-state index >= 15 is 0 Å². The van der Waals surface area contributed by atoms with Gasteiger partial charge in [0.1, 0.15) is 10.4 Å². The third-order valence-electron chi connectivity index (χ3n) is 7.22. The van der Waals surface area contributed by atoms with E-state index in [1.54, 1.807) is 29.7 Å². The highest BCUT2D eigenvalue weighted by atomic mass is 35.5. The SMILES string of the molecule is Cc1c(CN2CCCC2[C@@H](O)c2ccccc2)sc2c1c(=O)c(C(=O)NCc1ccc(Cl)cc1)cn2C. The molecule has 0 saturated carbocycles. The Morgan fingerprint density at radius 3 is 2.65 bits per heavy atom. The van der Waals surface area contributed by atoms with Crippen LogP contribution in [0.15, 0.2) is 65.6 Å².